The van der Waals surface area contributed by atoms with Crippen LogP contribution in [0, 0.1) is 11.3 Å². The minimum absolute atomic E-state index is 0.265. The van der Waals surface area contributed by atoms with Crippen LogP contribution in [0.1, 0.15) is 47.0 Å². The van der Waals surface area contributed by atoms with Gasteiger partial charge in [-0.25, -0.2) is 0 Å². The summed E-state index contributed by atoms with van der Waals surface area (Å²) in [6.45, 7) is 11.7. The Balaban J connectivity index is 2.23. The van der Waals surface area contributed by atoms with Crippen LogP contribution in [0.2, 0.25) is 0 Å². The molecule has 106 valence electrons. The highest BCUT2D eigenvalue weighted by Crippen LogP contribution is 2.47. The van der Waals surface area contributed by atoms with Crippen molar-refractivity contribution >= 4 is 11.8 Å². The molecule has 3 atom stereocenters. The molecule has 1 saturated carbocycles. The summed E-state index contributed by atoms with van der Waals surface area (Å²) in [7, 11) is 0. The van der Waals surface area contributed by atoms with Gasteiger partial charge in [-0.1, -0.05) is 20.8 Å². The topological polar surface area (TPSA) is 29.3 Å². The highest BCUT2D eigenvalue weighted by Gasteiger charge is 2.47. The predicted molar refractivity (Wildman–Crippen MR) is 82.1 cm³/mol. The summed E-state index contributed by atoms with van der Waals surface area (Å²) in [5.74, 6) is 3.36. The smallest absolute Gasteiger partial charge is 0.0342 e. The lowest BCUT2D eigenvalue weighted by atomic mass is 9.63. The zero-order valence-corrected chi connectivity index (χ0v) is 13.4. The van der Waals surface area contributed by atoms with Crippen LogP contribution >= 0.6 is 11.8 Å². The fourth-order valence-electron chi connectivity index (χ4n) is 4.62. The van der Waals surface area contributed by atoms with Crippen LogP contribution in [0.15, 0.2) is 0 Å². The van der Waals surface area contributed by atoms with Crippen molar-refractivity contribution in [2.75, 3.05) is 24.6 Å². The Labute approximate surface area is 117 Å². The first kappa shape index (κ1) is 14.7. The molecule has 3 heteroatoms. The van der Waals surface area contributed by atoms with E-state index in [1.165, 1.54) is 37.3 Å². The molecule has 0 aromatic rings. The van der Waals surface area contributed by atoms with E-state index in [-0.39, 0.29) is 5.54 Å². The Bertz CT molecular complexity index is 292. The average Bonchev–Trinajstić information content (AvgIpc) is 2.26. The molecule has 1 aliphatic heterocycles. The van der Waals surface area contributed by atoms with Gasteiger partial charge in [0, 0.05) is 36.2 Å². The van der Waals surface area contributed by atoms with Gasteiger partial charge in [-0.05, 0) is 37.5 Å². The van der Waals surface area contributed by atoms with Crippen molar-refractivity contribution in [1.82, 2.24) is 4.90 Å². The Morgan fingerprint density at radius 1 is 1.28 bits per heavy atom. The lowest BCUT2D eigenvalue weighted by Gasteiger charge is -2.55. The first-order chi connectivity index (χ1) is 8.38. The first-order valence-corrected chi connectivity index (χ1v) is 8.59. The number of hydrogen-bond donors (Lipinski definition) is 1. The van der Waals surface area contributed by atoms with Crippen molar-refractivity contribution in [3.8, 4) is 0 Å². The van der Waals surface area contributed by atoms with Crippen LogP contribution in [0.3, 0.4) is 0 Å². The van der Waals surface area contributed by atoms with Crippen molar-refractivity contribution in [1.29, 1.82) is 0 Å². The third-order valence-corrected chi connectivity index (χ3v) is 5.98. The maximum Gasteiger partial charge on any atom is 0.0342 e. The van der Waals surface area contributed by atoms with E-state index >= 15 is 0 Å². The number of thioether (sulfide) groups is 1. The quantitative estimate of drug-likeness (QED) is 0.836. The van der Waals surface area contributed by atoms with Crippen LogP contribution < -0.4 is 5.73 Å². The van der Waals surface area contributed by atoms with Gasteiger partial charge in [0.2, 0.25) is 0 Å². The van der Waals surface area contributed by atoms with E-state index in [1.807, 2.05) is 0 Å². The second-order valence-corrected chi connectivity index (χ2v) is 8.55. The molecule has 1 aliphatic carbocycles. The number of hydrogen-bond acceptors (Lipinski definition) is 3. The molecular formula is C15H30N2S. The van der Waals surface area contributed by atoms with Gasteiger partial charge < -0.3 is 5.73 Å². The highest BCUT2D eigenvalue weighted by atomic mass is 32.2. The first-order valence-electron chi connectivity index (χ1n) is 7.43. The predicted octanol–water partition coefficient (Wildman–Crippen LogP) is 2.97. The van der Waals surface area contributed by atoms with Gasteiger partial charge in [-0.15, -0.1) is 0 Å². The van der Waals surface area contributed by atoms with Crippen LogP contribution in [0.4, 0.5) is 0 Å². The fourth-order valence-corrected chi connectivity index (χ4v) is 5.64. The molecule has 0 aromatic heterocycles. The summed E-state index contributed by atoms with van der Waals surface area (Å²) in [4.78, 5) is 2.75. The zero-order chi connectivity index (χ0) is 13.4. The normalized spacial score (nSPS) is 41.8. The minimum Gasteiger partial charge on any atom is -0.329 e. The summed E-state index contributed by atoms with van der Waals surface area (Å²) in [5.41, 5.74) is 6.98. The van der Waals surface area contributed by atoms with Gasteiger partial charge in [-0.3, -0.25) is 4.90 Å². The third kappa shape index (κ3) is 2.88. The second kappa shape index (κ2) is 5.34. The van der Waals surface area contributed by atoms with Gasteiger partial charge in [0.25, 0.3) is 0 Å². The Hall–Kier alpha value is 0.270. The van der Waals surface area contributed by atoms with Crippen molar-refractivity contribution in [3.05, 3.63) is 0 Å². The summed E-state index contributed by atoms with van der Waals surface area (Å²) < 4.78 is 0. The van der Waals surface area contributed by atoms with E-state index < -0.39 is 0 Å². The minimum atomic E-state index is 0.265. The lowest BCUT2D eigenvalue weighted by molar-refractivity contribution is -0.0259. The van der Waals surface area contributed by atoms with Crippen molar-refractivity contribution in [2.24, 2.45) is 17.1 Å². The number of nitrogens with zero attached hydrogens (tertiary/aromatic N) is 1. The van der Waals surface area contributed by atoms with E-state index in [0.29, 0.717) is 11.5 Å². The maximum absolute atomic E-state index is 6.27. The molecular weight excluding hydrogens is 240 g/mol. The van der Waals surface area contributed by atoms with Gasteiger partial charge in [0.05, 0.1) is 0 Å². The third-order valence-electron chi connectivity index (χ3n) is 4.79. The maximum atomic E-state index is 6.27. The molecule has 0 radical (unpaired) electrons. The zero-order valence-electron chi connectivity index (χ0n) is 12.5. The Kier molecular flexibility index (Phi) is 4.35. The van der Waals surface area contributed by atoms with E-state index in [0.717, 1.165) is 12.5 Å². The van der Waals surface area contributed by atoms with Gasteiger partial charge in [-0.2, -0.15) is 11.8 Å². The van der Waals surface area contributed by atoms with Crippen LogP contribution in [0.25, 0.3) is 0 Å². The molecule has 2 fully saturated rings. The average molecular weight is 270 g/mol. The molecule has 18 heavy (non-hydrogen) atoms. The standard InChI is InChI=1S/C15H30N2S/c1-12-7-14(3,4)10-15(8-12,11-16)17-5-6-18-9-13(17)2/h12-13H,5-11,16H2,1-4H3. The largest absolute Gasteiger partial charge is 0.329 e. The summed E-state index contributed by atoms with van der Waals surface area (Å²) in [5, 5.41) is 0. The van der Waals surface area contributed by atoms with E-state index in [9.17, 15) is 0 Å². The van der Waals surface area contributed by atoms with E-state index in [4.69, 9.17) is 5.73 Å². The summed E-state index contributed by atoms with van der Waals surface area (Å²) in [6.07, 6.45) is 3.92. The molecule has 0 aromatic carbocycles. The fraction of sp³-hybridized carbons (Fsp3) is 1.00. The molecule has 2 N–H and O–H groups in total. The molecule has 2 rings (SSSR count). The Morgan fingerprint density at radius 2 is 2.00 bits per heavy atom. The van der Waals surface area contributed by atoms with Gasteiger partial charge >= 0.3 is 0 Å². The molecule has 3 unspecified atom stereocenters. The molecule has 0 bridgehead atoms. The number of nitrogens with two attached hydrogens (primary N) is 1. The van der Waals surface area contributed by atoms with Crippen molar-refractivity contribution in [2.45, 2.75) is 58.5 Å². The number of rotatable bonds is 2. The monoisotopic (exact) mass is 270 g/mol. The molecule has 1 heterocycles. The summed E-state index contributed by atoms with van der Waals surface area (Å²) >= 11 is 2.10. The molecule has 1 saturated heterocycles. The molecule has 2 nitrogen and oxygen atoms in total. The highest BCUT2D eigenvalue weighted by molar-refractivity contribution is 7.99. The van der Waals surface area contributed by atoms with E-state index in [1.54, 1.807) is 0 Å². The second-order valence-electron chi connectivity index (χ2n) is 7.40. The van der Waals surface area contributed by atoms with Crippen LogP contribution in [0.5, 0.6) is 0 Å². The SMILES string of the molecule is CC1CC(C)(C)CC(CN)(N2CCSCC2C)C1. The lowest BCUT2D eigenvalue weighted by Crippen LogP contribution is -2.63. The van der Waals surface area contributed by atoms with Gasteiger partial charge in [0.15, 0.2) is 0 Å². The van der Waals surface area contributed by atoms with E-state index in [2.05, 4.69) is 44.4 Å². The molecule has 0 amide bonds. The van der Waals surface area contributed by atoms with Gasteiger partial charge in [0.1, 0.15) is 0 Å². The van der Waals surface area contributed by atoms with Crippen LogP contribution in [-0.4, -0.2) is 41.1 Å². The van der Waals surface area contributed by atoms with Crippen LogP contribution in [-0.2, 0) is 0 Å². The Morgan fingerprint density at radius 3 is 2.56 bits per heavy atom. The summed E-state index contributed by atoms with van der Waals surface area (Å²) in [6, 6.07) is 0.688. The molecule has 2 aliphatic rings. The van der Waals surface area contributed by atoms with Crippen molar-refractivity contribution < 1.29 is 0 Å². The molecule has 0 spiro atoms. The van der Waals surface area contributed by atoms with Crippen molar-refractivity contribution in [3.63, 3.8) is 0 Å².